The molecule has 3 heterocycles. The van der Waals surface area contributed by atoms with E-state index in [-0.39, 0.29) is 36.0 Å². The molecule has 1 saturated heterocycles. The van der Waals surface area contributed by atoms with Crippen LogP contribution < -0.4 is 5.32 Å². The number of carbonyl (C=O) groups is 1. The minimum absolute atomic E-state index is 0. The number of hydrogen-bond acceptors (Lipinski definition) is 4. The number of hydrogen-bond donors (Lipinski definition) is 1. The number of morpholine rings is 1. The third-order valence-corrected chi connectivity index (χ3v) is 5.72. The standard InChI is InChI=1S/C22H30N6O2.HI/c1-23-22(27-10-11-30-20(16-27)19-12-25-26(2)13-19)24-9-5-8-21(29)28-14-17-6-3-4-7-18(17)15-28;/h3-4,6-7,12-13,20H,5,8-11,14-16H2,1-2H3,(H,23,24);1H. The molecule has 1 fully saturated rings. The fourth-order valence-corrected chi connectivity index (χ4v) is 4.09. The Morgan fingerprint density at radius 2 is 2.00 bits per heavy atom. The van der Waals surface area contributed by atoms with Gasteiger partial charge in [0.1, 0.15) is 6.10 Å². The lowest BCUT2D eigenvalue weighted by molar-refractivity contribution is -0.131. The summed E-state index contributed by atoms with van der Waals surface area (Å²) in [7, 11) is 3.70. The van der Waals surface area contributed by atoms with Crippen LogP contribution in [-0.4, -0.2) is 64.7 Å². The van der Waals surface area contributed by atoms with Gasteiger partial charge < -0.3 is 19.9 Å². The molecule has 0 bridgehead atoms. The highest BCUT2D eigenvalue weighted by molar-refractivity contribution is 14.0. The van der Waals surface area contributed by atoms with E-state index in [0.29, 0.717) is 19.6 Å². The van der Waals surface area contributed by atoms with Crippen LogP contribution in [-0.2, 0) is 29.7 Å². The maximum atomic E-state index is 12.6. The van der Waals surface area contributed by atoms with E-state index < -0.39 is 0 Å². The van der Waals surface area contributed by atoms with Crippen molar-refractivity contribution in [3.8, 4) is 0 Å². The minimum atomic E-state index is -0.00984. The average molecular weight is 538 g/mol. The molecular weight excluding hydrogens is 507 g/mol. The molecule has 2 aliphatic heterocycles. The number of benzene rings is 1. The van der Waals surface area contributed by atoms with Crippen LogP contribution in [0.15, 0.2) is 41.7 Å². The summed E-state index contributed by atoms with van der Waals surface area (Å²) in [5, 5.41) is 7.65. The Balaban J connectivity index is 0.00000272. The monoisotopic (exact) mass is 538 g/mol. The van der Waals surface area contributed by atoms with Gasteiger partial charge in [0.15, 0.2) is 5.96 Å². The highest BCUT2D eigenvalue weighted by Crippen LogP contribution is 2.23. The largest absolute Gasteiger partial charge is 0.370 e. The summed E-state index contributed by atoms with van der Waals surface area (Å²) in [6.45, 7) is 4.35. The zero-order valence-corrected chi connectivity index (χ0v) is 20.5. The van der Waals surface area contributed by atoms with E-state index in [4.69, 9.17) is 4.74 Å². The molecule has 9 heteroatoms. The van der Waals surface area contributed by atoms with Gasteiger partial charge in [-0.05, 0) is 17.5 Å². The van der Waals surface area contributed by atoms with E-state index in [1.54, 1.807) is 11.7 Å². The molecule has 1 unspecified atom stereocenters. The molecule has 0 spiro atoms. The van der Waals surface area contributed by atoms with Gasteiger partial charge in [0.2, 0.25) is 5.91 Å². The molecule has 2 aromatic rings. The molecule has 0 saturated carbocycles. The highest BCUT2D eigenvalue weighted by atomic mass is 127. The Bertz CT molecular complexity index is 890. The minimum Gasteiger partial charge on any atom is -0.370 e. The molecular formula is C22H31IN6O2. The van der Waals surface area contributed by atoms with Crippen molar-refractivity contribution in [2.24, 2.45) is 12.0 Å². The number of rotatable bonds is 5. The summed E-state index contributed by atoms with van der Waals surface area (Å²) < 4.78 is 7.71. The van der Waals surface area contributed by atoms with Crippen molar-refractivity contribution in [1.82, 2.24) is 24.9 Å². The second-order valence-electron chi connectivity index (χ2n) is 7.85. The van der Waals surface area contributed by atoms with Crippen LogP contribution in [0.1, 0.15) is 35.6 Å². The fourth-order valence-electron chi connectivity index (χ4n) is 4.09. The van der Waals surface area contributed by atoms with Gasteiger partial charge in [0.05, 0.1) is 19.3 Å². The summed E-state index contributed by atoms with van der Waals surface area (Å²) in [6, 6.07) is 8.28. The second-order valence-corrected chi connectivity index (χ2v) is 7.85. The number of aromatic nitrogens is 2. The lowest BCUT2D eigenvalue weighted by Gasteiger charge is -2.34. The first-order valence-electron chi connectivity index (χ1n) is 10.5. The molecule has 1 aromatic heterocycles. The third kappa shape index (κ3) is 5.76. The van der Waals surface area contributed by atoms with E-state index in [1.165, 1.54) is 11.1 Å². The zero-order valence-electron chi connectivity index (χ0n) is 18.2. The fraction of sp³-hybridized carbons (Fsp3) is 0.500. The summed E-state index contributed by atoms with van der Waals surface area (Å²) in [4.78, 5) is 21.1. The van der Waals surface area contributed by atoms with E-state index in [2.05, 4.69) is 32.4 Å². The molecule has 0 aliphatic carbocycles. The van der Waals surface area contributed by atoms with Crippen molar-refractivity contribution in [3.05, 3.63) is 53.3 Å². The van der Waals surface area contributed by atoms with Crippen molar-refractivity contribution in [3.63, 3.8) is 0 Å². The van der Waals surface area contributed by atoms with Crippen molar-refractivity contribution in [2.45, 2.75) is 32.0 Å². The summed E-state index contributed by atoms with van der Waals surface area (Å²) in [5.74, 6) is 1.07. The van der Waals surface area contributed by atoms with Crippen LogP contribution in [0.3, 0.4) is 0 Å². The smallest absolute Gasteiger partial charge is 0.223 e. The van der Waals surface area contributed by atoms with Gasteiger partial charge in [-0.2, -0.15) is 5.10 Å². The van der Waals surface area contributed by atoms with Gasteiger partial charge in [-0.25, -0.2) is 0 Å². The molecule has 8 nitrogen and oxygen atoms in total. The van der Waals surface area contributed by atoms with E-state index in [1.807, 2.05) is 36.5 Å². The van der Waals surface area contributed by atoms with Gasteiger partial charge >= 0.3 is 0 Å². The number of fused-ring (bicyclic) bond motifs is 1. The third-order valence-electron chi connectivity index (χ3n) is 5.72. The molecule has 1 amide bonds. The number of ether oxygens (including phenoxy) is 1. The Kier molecular flexibility index (Phi) is 8.30. The number of nitrogens with one attached hydrogen (secondary N) is 1. The SMILES string of the molecule is CN=C(NCCCC(=O)N1Cc2ccccc2C1)N1CCOC(c2cnn(C)c2)C1.I. The molecule has 168 valence electrons. The normalized spacial score (nSPS) is 18.5. The zero-order chi connectivity index (χ0) is 20.9. The van der Waals surface area contributed by atoms with Crippen molar-refractivity contribution >= 4 is 35.8 Å². The first-order valence-corrected chi connectivity index (χ1v) is 10.5. The van der Waals surface area contributed by atoms with Crippen LogP contribution in [0, 0.1) is 0 Å². The number of guanidine groups is 1. The summed E-state index contributed by atoms with van der Waals surface area (Å²) in [6.07, 6.45) is 5.16. The topological polar surface area (TPSA) is 75.0 Å². The van der Waals surface area contributed by atoms with Gasteiger partial charge in [-0.3, -0.25) is 14.5 Å². The van der Waals surface area contributed by atoms with E-state index in [0.717, 1.165) is 44.1 Å². The molecule has 2 aliphatic rings. The Morgan fingerprint density at radius 3 is 2.65 bits per heavy atom. The molecule has 1 atom stereocenters. The maximum Gasteiger partial charge on any atom is 0.223 e. The number of halogens is 1. The predicted molar refractivity (Wildman–Crippen MR) is 130 cm³/mol. The summed E-state index contributed by atoms with van der Waals surface area (Å²) in [5.41, 5.74) is 3.61. The lowest BCUT2D eigenvalue weighted by atomic mass is 10.1. The van der Waals surface area contributed by atoms with Gasteiger partial charge in [-0.1, -0.05) is 24.3 Å². The van der Waals surface area contributed by atoms with Crippen molar-refractivity contribution in [2.75, 3.05) is 33.3 Å². The maximum absolute atomic E-state index is 12.6. The molecule has 1 N–H and O–H groups in total. The van der Waals surface area contributed by atoms with Crippen LogP contribution in [0.4, 0.5) is 0 Å². The predicted octanol–water partition coefficient (Wildman–Crippen LogP) is 2.31. The van der Waals surface area contributed by atoms with Gasteiger partial charge in [-0.15, -0.1) is 24.0 Å². The van der Waals surface area contributed by atoms with Crippen LogP contribution >= 0.6 is 24.0 Å². The molecule has 4 rings (SSSR count). The van der Waals surface area contributed by atoms with Crippen molar-refractivity contribution in [1.29, 1.82) is 0 Å². The van der Waals surface area contributed by atoms with Crippen molar-refractivity contribution < 1.29 is 9.53 Å². The molecule has 31 heavy (non-hydrogen) atoms. The number of aliphatic imine (C=N–C) groups is 1. The number of aryl methyl sites for hydroxylation is 1. The quantitative estimate of drug-likeness (QED) is 0.274. The first-order chi connectivity index (χ1) is 14.6. The number of carbonyl (C=O) groups excluding carboxylic acids is 1. The van der Waals surface area contributed by atoms with Crippen LogP contribution in [0.25, 0.3) is 0 Å². The van der Waals surface area contributed by atoms with Gasteiger partial charge in [0, 0.05) is 58.5 Å². The van der Waals surface area contributed by atoms with E-state index in [9.17, 15) is 4.79 Å². The van der Waals surface area contributed by atoms with Crippen LogP contribution in [0.2, 0.25) is 0 Å². The first kappa shape index (κ1) is 23.5. The number of nitrogens with zero attached hydrogens (tertiary/aromatic N) is 5. The average Bonchev–Trinajstić information content (AvgIpc) is 3.40. The van der Waals surface area contributed by atoms with Gasteiger partial charge in [0.25, 0.3) is 0 Å². The molecule has 0 radical (unpaired) electrons. The Labute approximate surface area is 200 Å². The van der Waals surface area contributed by atoms with Crippen LogP contribution in [0.5, 0.6) is 0 Å². The lowest BCUT2D eigenvalue weighted by Crippen LogP contribution is -2.48. The molecule has 1 aromatic carbocycles. The Hall–Kier alpha value is -2.14. The summed E-state index contributed by atoms with van der Waals surface area (Å²) >= 11 is 0. The Morgan fingerprint density at radius 1 is 1.26 bits per heavy atom. The van der Waals surface area contributed by atoms with E-state index >= 15 is 0 Å². The highest BCUT2D eigenvalue weighted by Gasteiger charge is 2.25. The second kappa shape index (κ2) is 10.9. The number of amides is 1.